The Balaban J connectivity index is 2.87. The Morgan fingerprint density at radius 2 is 1.94 bits per heavy atom. The predicted molar refractivity (Wildman–Crippen MR) is 56.0 cm³/mol. The van der Waals surface area contributed by atoms with Crippen molar-refractivity contribution >= 4 is 27.6 Å². The van der Waals surface area contributed by atoms with Gasteiger partial charge in [0.15, 0.2) is 15.1 Å². The largest absolute Gasteiger partial charge is 0.335 e. The van der Waals surface area contributed by atoms with Crippen LogP contribution in [0.2, 0.25) is 0 Å². The van der Waals surface area contributed by atoms with Crippen molar-refractivity contribution in [2.75, 3.05) is 6.26 Å². The lowest BCUT2D eigenvalue weighted by Crippen LogP contribution is -2.37. The van der Waals surface area contributed by atoms with E-state index in [1.165, 1.54) is 13.8 Å². The monoisotopic (exact) mass is 263 g/mol. The summed E-state index contributed by atoms with van der Waals surface area (Å²) >= 11 is 0. The molecule has 0 aromatic heterocycles. The number of hydrogen-bond donors (Lipinski definition) is 0. The SMILES string of the molecule is CC(C)C(=O)ON1C(=O)CC(S(C)(=O)=O)C1=O. The maximum absolute atomic E-state index is 11.6. The molecule has 0 aliphatic carbocycles. The Labute approximate surface area is 98.6 Å². The molecule has 17 heavy (non-hydrogen) atoms. The van der Waals surface area contributed by atoms with Gasteiger partial charge in [-0.15, -0.1) is 5.06 Å². The fourth-order valence-corrected chi connectivity index (χ4v) is 2.12. The molecule has 0 N–H and O–H groups in total. The highest BCUT2D eigenvalue weighted by Gasteiger charge is 2.47. The molecule has 2 amide bonds. The van der Waals surface area contributed by atoms with E-state index in [1.807, 2.05) is 0 Å². The molecule has 1 atom stereocenters. The fraction of sp³-hybridized carbons (Fsp3) is 0.667. The smallest absolute Gasteiger partial charge is 0.330 e. The normalized spacial score (nSPS) is 21.2. The van der Waals surface area contributed by atoms with E-state index in [9.17, 15) is 22.8 Å². The summed E-state index contributed by atoms with van der Waals surface area (Å²) in [5, 5.41) is -1.21. The predicted octanol–water partition coefficient (Wildman–Crippen LogP) is -0.727. The van der Waals surface area contributed by atoms with Crippen molar-refractivity contribution < 1.29 is 27.6 Å². The van der Waals surface area contributed by atoms with Gasteiger partial charge in [0.1, 0.15) is 0 Å². The number of amides is 2. The van der Waals surface area contributed by atoms with Gasteiger partial charge in [-0.25, -0.2) is 13.2 Å². The zero-order valence-corrected chi connectivity index (χ0v) is 10.5. The second-order valence-corrected chi connectivity index (χ2v) is 6.34. The van der Waals surface area contributed by atoms with Gasteiger partial charge in [-0.3, -0.25) is 9.59 Å². The average molecular weight is 263 g/mol. The number of rotatable bonds is 3. The van der Waals surface area contributed by atoms with Crippen LogP contribution < -0.4 is 0 Å². The first kappa shape index (κ1) is 13.6. The van der Waals surface area contributed by atoms with E-state index in [1.54, 1.807) is 0 Å². The standard InChI is InChI=1S/C9H13NO6S/c1-5(2)9(13)16-10-7(11)4-6(8(10)12)17(3,14)15/h5-6H,4H2,1-3H3. The third-order valence-corrected chi connectivity index (χ3v) is 3.63. The molecule has 96 valence electrons. The molecule has 8 heteroatoms. The molecule has 1 rings (SSSR count). The maximum Gasteiger partial charge on any atom is 0.335 e. The highest BCUT2D eigenvalue weighted by atomic mass is 32.2. The molecule has 0 bridgehead atoms. The van der Waals surface area contributed by atoms with Gasteiger partial charge in [-0.05, 0) is 0 Å². The van der Waals surface area contributed by atoms with Crippen LogP contribution >= 0.6 is 0 Å². The number of hydrogen-bond acceptors (Lipinski definition) is 6. The highest BCUT2D eigenvalue weighted by molar-refractivity contribution is 7.92. The van der Waals surface area contributed by atoms with Crippen LogP contribution in [0.1, 0.15) is 20.3 Å². The zero-order valence-electron chi connectivity index (χ0n) is 9.67. The Bertz CT molecular complexity index is 466. The topological polar surface area (TPSA) is 97.8 Å². The Morgan fingerprint density at radius 1 is 1.41 bits per heavy atom. The second-order valence-electron chi connectivity index (χ2n) is 4.11. The van der Waals surface area contributed by atoms with Gasteiger partial charge in [0.05, 0.1) is 12.3 Å². The summed E-state index contributed by atoms with van der Waals surface area (Å²) in [6, 6.07) is 0. The van der Waals surface area contributed by atoms with Crippen molar-refractivity contribution in [1.29, 1.82) is 0 Å². The minimum absolute atomic E-state index is 0.244. The van der Waals surface area contributed by atoms with Crippen LogP contribution in [0.3, 0.4) is 0 Å². The first-order valence-electron chi connectivity index (χ1n) is 4.92. The summed E-state index contributed by atoms with van der Waals surface area (Å²) < 4.78 is 22.4. The van der Waals surface area contributed by atoms with Crippen molar-refractivity contribution in [3.63, 3.8) is 0 Å². The van der Waals surface area contributed by atoms with Crippen molar-refractivity contribution in [1.82, 2.24) is 5.06 Å². The van der Waals surface area contributed by atoms with Gasteiger partial charge in [-0.2, -0.15) is 0 Å². The minimum Gasteiger partial charge on any atom is -0.330 e. The molecule has 0 saturated carbocycles. The van der Waals surface area contributed by atoms with Crippen LogP contribution in [0.25, 0.3) is 0 Å². The molecule has 7 nitrogen and oxygen atoms in total. The van der Waals surface area contributed by atoms with E-state index in [-0.39, 0.29) is 5.06 Å². The molecule has 0 aromatic rings. The van der Waals surface area contributed by atoms with Crippen molar-refractivity contribution in [2.45, 2.75) is 25.5 Å². The summed E-state index contributed by atoms with van der Waals surface area (Å²) in [5.41, 5.74) is 0. The third kappa shape index (κ3) is 2.82. The van der Waals surface area contributed by atoms with E-state index in [2.05, 4.69) is 4.84 Å². The summed E-state index contributed by atoms with van der Waals surface area (Å²) in [4.78, 5) is 38.7. The highest BCUT2D eigenvalue weighted by Crippen LogP contribution is 2.20. The van der Waals surface area contributed by atoms with Gasteiger partial charge < -0.3 is 4.84 Å². The molecule has 1 aliphatic heterocycles. The van der Waals surface area contributed by atoms with E-state index in [0.717, 1.165) is 6.26 Å². The third-order valence-electron chi connectivity index (χ3n) is 2.23. The summed E-state index contributed by atoms with van der Waals surface area (Å²) in [6.45, 7) is 3.06. The second kappa shape index (κ2) is 4.44. The summed E-state index contributed by atoms with van der Waals surface area (Å²) in [5.74, 6) is -3.11. The lowest BCUT2D eigenvalue weighted by molar-refractivity contribution is -0.199. The maximum atomic E-state index is 11.6. The minimum atomic E-state index is -3.68. The molecule has 1 saturated heterocycles. The number of imide groups is 1. The molecule has 1 unspecified atom stereocenters. The zero-order chi connectivity index (χ0) is 13.4. The molecular weight excluding hydrogens is 250 g/mol. The van der Waals surface area contributed by atoms with Gasteiger partial charge >= 0.3 is 5.97 Å². The molecule has 1 fully saturated rings. The Morgan fingerprint density at radius 3 is 2.29 bits per heavy atom. The van der Waals surface area contributed by atoms with Crippen LogP contribution in [0, 0.1) is 5.92 Å². The van der Waals surface area contributed by atoms with E-state index in [4.69, 9.17) is 0 Å². The quantitative estimate of drug-likeness (QED) is 0.623. The molecule has 0 spiro atoms. The molecular formula is C9H13NO6S. The van der Waals surface area contributed by atoms with Gasteiger partial charge in [-0.1, -0.05) is 13.8 Å². The molecule has 1 aliphatic rings. The summed E-state index contributed by atoms with van der Waals surface area (Å²) in [7, 11) is -3.68. The van der Waals surface area contributed by atoms with E-state index >= 15 is 0 Å². The number of carbonyl (C=O) groups is 3. The first-order valence-corrected chi connectivity index (χ1v) is 6.87. The summed E-state index contributed by atoms with van der Waals surface area (Å²) in [6.07, 6.45) is 0.375. The van der Waals surface area contributed by atoms with Crippen LogP contribution in [-0.4, -0.2) is 42.8 Å². The number of carbonyl (C=O) groups excluding carboxylic acids is 3. The first-order chi connectivity index (χ1) is 7.64. The lowest BCUT2D eigenvalue weighted by atomic mass is 10.2. The number of hydroxylamine groups is 2. The van der Waals surface area contributed by atoms with Gasteiger partial charge in [0, 0.05) is 6.26 Å². The van der Waals surface area contributed by atoms with Crippen LogP contribution in [0.4, 0.5) is 0 Å². The van der Waals surface area contributed by atoms with Crippen molar-refractivity contribution in [3.05, 3.63) is 0 Å². The molecule has 1 heterocycles. The van der Waals surface area contributed by atoms with Crippen LogP contribution in [0.15, 0.2) is 0 Å². The van der Waals surface area contributed by atoms with Crippen LogP contribution in [0.5, 0.6) is 0 Å². The average Bonchev–Trinajstić information content (AvgIpc) is 2.44. The fourth-order valence-electron chi connectivity index (χ4n) is 1.21. The number of nitrogens with zero attached hydrogens (tertiary/aromatic N) is 1. The molecule has 0 aromatic carbocycles. The van der Waals surface area contributed by atoms with Gasteiger partial charge in [0.25, 0.3) is 11.8 Å². The Hall–Kier alpha value is -1.44. The lowest BCUT2D eigenvalue weighted by Gasteiger charge is -2.14. The van der Waals surface area contributed by atoms with Crippen molar-refractivity contribution in [2.24, 2.45) is 5.92 Å². The van der Waals surface area contributed by atoms with Crippen molar-refractivity contribution in [3.8, 4) is 0 Å². The van der Waals surface area contributed by atoms with Crippen LogP contribution in [-0.2, 0) is 29.1 Å². The Kier molecular flexibility index (Phi) is 3.56. The van der Waals surface area contributed by atoms with Gasteiger partial charge in [0.2, 0.25) is 0 Å². The van der Waals surface area contributed by atoms with E-state index in [0.29, 0.717) is 0 Å². The number of sulfone groups is 1. The molecule has 0 radical (unpaired) electrons. The van der Waals surface area contributed by atoms with E-state index < -0.39 is 45.2 Å².